The lowest BCUT2D eigenvalue weighted by atomic mass is 10.0. The van der Waals surface area contributed by atoms with E-state index in [9.17, 15) is 18.3 Å². The van der Waals surface area contributed by atoms with Crippen molar-refractivity contribution < 1.29 is 23.1 Å². The number of carboxylic acids is 1. The molecule has 1 heterocycles. The van der Waals surface area contributed by atoms with Crippen LogP contribution < -0.4 is 9.46 Å². The third-order valence-corrected chi connectivity index (χ3v) is 9.62. The van der Waals surface area contributed by atoms with Crippen LogP contribution in [0.3, 0.4) is 0 Å². The first-order chi connectivity index (χ1) is 23.6. The lowest BCUT2D eigenvalue weighted by Gasteiger charge is -2.15. The second-order valence-electron chi connectivity index (χ2n) is 11.3. The van der Waals surface area contributed by atoms with Gasteiger partial charge in [-0.15, -0.1) is 0 Å². The molecule has 0 saturated heterocycles. The second kappa shape index (κ2) is 14.6. The molecular formula is C38H31Cl2N3O5S. The Hall–Kier alpha value is -5.09. The van der Waals surface area contributed by atoms with Gasteiger partial charge in [0.05, 0.1) is 27.7 Å². The molecule has 11 heteroatoms. The minimum atomic E-state index is -3.87. The van der Waals surface area contributed by atoms with E-state index in [-0.39, 0.29) is 22.8 Å². The molecule has 0 radical (unpaired) electrons. The van der Waals surface area contributed by atoms with E-state index in [0.717, 1.165) is 40.3 Å². The zero-order valence-corrected chi connectivity index (χ0v) is 28.6. The van der Waals surface area contributed by atoms with Crippen molar-refractivity contribution in [3.63, 3.8) is 0 Å². The molecule has 0 saturated carbocycles. The molecule has 248 valence electrons. The van der Waals surface area contributed by atoms with Crippen LogP contribution >= 0.6 is 23.2 Å². The SMILES string of the molecule is CCn1cc(-c2ccc(Cl)cc2Cl)nc1Cc1ccc(-c2ccc(Oc3ccc(C(=O)O)cc3NS(=O)(=O)Cc3ccccc3)cc2)cc1. The predicted octanol–water partition coefficient (Wildman–Crippen LogP) is 9.57. The molecule has 0 fully saturated rings. The predicted molar refractivity (Wildman–Crippen MR) is 194 cm³/mol. The van der Waals surface area contributed by atoms with Crippen LogP contribution in [-0.2, 0) is 28.7 Å². The molecule has 0 amide bonds. The Morgan fingerprint density at radius 3 is 2.20 bits per heavy atom. The number of imidazole rings is 1. The largest absolute Gasteiger partial charge is 0.478 e. The number of aryl methyl sites for hydroxylation is 1. The van der Waals surface area contributed by atoms with E-state index >= 15 is 0 Å². The molecule has 2 N–H and O–H groups in total. The average Bonchev–Trinajstić information content (AvgIpc) is 3.48. The van der Waals surface area contributed by atoms with E-state index in [1.165, 1.54) is 18.2 Å². The average molecular weight is 713 g/mol. The smallest absolute Gasteiger partial charge is 0.335 e. The molecule has 6 rings (SSSR count). The third kappa shape index (κ3) is 8.32. The standard InChI is InChI=1S/C38H31Cl2N3O5S/c1-2-43-23-35(32-18-15-30(39)22-33(32)40)41-37(43)20-25-8-10-27(11-9-25)28-12-16-31(17-13-28)48-36-19-14-29(38(44)45)21-34(36)42-49(46,47)24-26-6-4-3-5-7-26/h3-19,21-23,42H,2,20,24H2,1H3,(H,44,45). The second-order valence-corrected chi connectivity index (χ2v) is 13.9. The number of aromatic nitrogens is 2. The van der Waals surface area contributed by atoms with Gasteiger partial charge in [-0.3, -0.25) is 4.72 Å². The quantitative estimate of drug-likeness (QED) is 0.131. The maximum Gasteiger partial charge on any atom is 0.335 e. The summed E-state index contributed by atoms with van der Waals surface area (Å²) < 4.78 is 36.6. The van der Waals surface area contributed by atoms with Gasteiger partial charge >= 0.3 is 5.97 Å². The summed E-state index contributed by atoms with van der Waals surface area (Å²) >= 11 is 12.5. The summed E-state index contributed by atoms with van der Waals surface area (Å²) in [6.45, 7) is 2.84. The number of hydrogen-bond donors (Lipinski definition) is 2. The van der Waals surface area contributed by atoms with Gasteiger partial charge in [0, 0.05) is 29.7 Å². The Morgan fingerprint density at radius 1 is 0.857 bits per heavy atom. The molecule has 8 nitrogen and oxygen atoms in total. The van der Waals surface area contributed by atoms with Crippen molar-refractivity contribution in [2.75, 3.05) is 4.72 Å². The monoisotopic (exact) mass is 711 g/mol. The van der Waals surface area contributed by atoms with E-state index in [1.54, 1.807) is 54.6 Å². The van der Waals surface area contributed by atoms with Crippen molar-refractivity contribution in [1.82, 2.24) is 9.55 Å². The van der Waals surface area contributed by atoms with Crippen LogP contribution in [0.5, 0.6) is 11.5 Å². The van der Waals surface area contributed by atoms with E-state index in [1.807, 2.05) is 36.5 Å². The van der Waals surface area contributed by atoms with Crippen LogP contribution in [0.2, 0.25) is 10.0 Å². The fraction of sp³-hybridized carbons (Fsp3) is 0.105. The summed E-state index contributed by atoms with van der Waals surface area (Å²) in [6.07, 6.45) is 2.65. The number of carboxylic acid groups (broad SMARTS) is 1. The molecular weight excluding hydrogens is 681 g/mol. The number of hydrogen-bond acceptors (Lipinski definition) is 5. The number of ether oxygens (including phenoxy) is 1. The summed E-state index contributed by atoms with van der Waals surface area (Å²) in [5, 5.41) is 10.6. The third-order valence-electron chi connectivity index (χ3n) is 7.83. The Balaban J connectivity index is 1.16. The Kier molecular flexibility index (Phi) is 10.1. The highest BCUT2D eigenvalue weighted by molar-refractivity contribution is 7.91. The highest BCUT2D eigenvalue weighted by atomic mass is 35.5. The van der Waals surface area contributed by atoms with Crippen molar-refractivity contribution in [2.45, 2.75) is 25.6 Å². The fourth-order valence-electron chi connectivity index (χ4n) is 5.37. The molecule has 0 spiro atoms. The number of nitrogens with one attached hydrogen (secondary N) is 1. The van der Waals surface area contributed by atoms with Gasteiger partial charge in [-0.1, -0.05) is 89.9 Å². The molecule has 0 atom stereocenters. The van der Waals surface area contributed by atoms with Crippen LogP contribution in [0.15, 0.2) is 121 Å². The number of carbonyl (C=O) groups is 1. The first-order valence-electron chi connectivity index (χ1n) is 15.4. The zero-order chi connectivity index (χ0) is 34.5. The topological polar surface area (TPSA) is 111 Å². The highest BCUT2D eigenvalue weighted by Gasteiger charge is 2.18. The summed E-state index contributed by atoms with van der Waals surface area (Å²) in [5.41, 5.74) is 5.24. The number of rotatable bonds is 12. The van der Waals surface area contributed by atoms with Crippen molar-refractivity contribution in [3.05, 3.63) is 154 Å². The summed E-state index contributed by atoms with van der Waals surface area (Å²) in [7, 11) is -3.87. The van der Waals surface area contributed by atoms with Gasteiger partial charge in [-0.05, 0) is 77.7 Å². The van der Waals surface area contributed by atoms with Gasteiger partial charge in [0.15, 0.2) is 5.75 Å². The molecule has 0 bridgehead atoms. The lowest BCUT2D eigenvalue weighted by Crippen LogP contribution is -2.16. The van der Waals surface area contributed by atoms with Crippen molar-refractivity contribution >= 4 is 44.9 Å². The van der Waals surface area contributed by atoms with Gasteiger partial charge in [0.25, 0.3) is 0 Å². The number of halogens is 2. The number of aromatic carboxylic acids is 1. The van der Waals surface area contributed by atoms with Crippen LogP contribution in [0, 0.1) is 0 Å². The van der Waals surface area contributed by atoms with Crippen LogP contribution in [0.25, 0.3) is 22.4 Å². The first kappa shape index (κ1) is 33.8. The summed E-state index contributed by atoms with van der Waals surface area (Å²) in [5.74, 6) is 0.0873. The maximum atomic E-state index is 13.0. The molecule has 0 aliphatic heterocycles. The first-order valence-corrected chi connectivity index (χ1v) is 17.8. The van der Waals surface area contributed by atoms with Crippen LogP contribution in [-0.4, -0.2) is 29.0 Å². The summed E-state index contributed by atoms with van der Waals surface area (Å²) in [6, 6.07) is 33.8. The van der Waals surface area contributed by atoms with E-state index in [2.05, 4.69) is 28.3 Å². The van der Waals surface area contributed by atoms with Gasteiger partial charge in [-0.25, -0.2) is 18.2 Å². The Bertz CT molecular complexity index is 2220. The molecule has 0 aliphatic carbocycles. The van der Waals surface area contributed by atoms with Crippen LogP contribution in [0.4, 0.5) is 5.69 Å². The molecule has 5 aromatic carbocycles. The molecule has 0 aliphatic rings. The molecule has 49 heavy (non-hydrogen) atoms. The summed E-state index contributed by atoms with van der Waals surface area (Å²) in [4.78, 5) is 16.5. The van der Waals surface area contributed by atoms with Crippen LogP contribution in [0.1, 0.15) is 34.2 Å². The van der Waals surface area contributed by atoms with E-state index in [0.29, 0.717) is 27.8 Å². The number of benzene rings is 5. The lowest BCUT2D eigenvalue weighted by molar-refractivity contribution is 0.0697. The molecule has 0 unspecified atom stereocenters. The van der Waals surface area contributed by atoms with Crippen molar-refractivity contribution in [2.24, 2.45) is 0 Å². The van der Waals surface area contributed by atoms with Crippen molar-refractivity contribution in [3.8, 4) is 33.9 Å². The van der Waals surface area contributed by atoms with Gasteiger partial charge in [-0.2, -0.15) is 0 Å². The van der Waals surface area contributed by atoms with Gasteiger partial charge in [0.1, 0.15) is 11.6 Å². The normalized spacial score (nSPS) is 11.3. The highest BCUT2D eigenvalue weighted by Crippen LogP contribution is 2.34. The van der Waals surface area contributed by atoms with Crippen molar-refractivity contribution in [1.29, 1.82) is 0 Å². The number of sulfonamides is 1. The Morgan fingerprint density at radius 2 is 1.55 bits per heavy atom. The molecule has 6 aromatic rings. The maximum absolute atomic E-state index is 13.0. The molecule has 1 aromatic heterocycles. The van der Waals surface area contributed by atoms with E-state index < -0.39 is 16.0 Å². The zero-order valence-electron chi connectivity index (χ0n) is 26.3. The van der Waals surface area contributed by atoms with Gasteiger partial charge < -0.3 is 14.4 Å². The minimum Gasteiger partial charge on any atom is -0.478 e. The minimum absolute atomic E-state index is 0.0302. The number of anilines is 1. The van der Waals surface area contributed by atoms with Gasteiger partial charge in [0.2, 0.25) is 10.0 Å². The fourth-order valence-corrected chi connectivity index (χ4v) is 7.07. The Labute approximate surface area is 294 Å². The van der Waals surface area contributed by atoms with E-state index in [4.69, 9.17) is 32.9 Å². The number of nitrogens with zero attached hydrogens (tertiary/aromatic N) is 2.